The van der Waals surface area contributed by atoms with E-state index in [1.807, 2.05) is 18.2 Å². The fraction of sp³-hybridized carbons (Fsp3) is 0.167. The van der Waals surface area contributed by atoms with Crippen LogP contribution >= 0.6 is 11.6 Å². The van der Waals surface area contributed by atoms with Gasteiger partial charge in [-0.1, -0.05) is 41.9 Å². The van der Waals surface area contributed by atoms with Crippen molar-refractivity contribution in [1.82, 2.24) is 4.90 Å². The van der Waals surface area contributed by atoms with Crippen LogP contribution in [0.5, 0.6) is 5.75 Å². The van der Waals surface area contributed by atoms with Crippen LogP contribution < -0.4 is 9.64 Å². The molecule has 0 saturated carbocycles. The average molecular weight is 437 g/mol. The smallest absolute Gasteiger partial charge is 0.335 e. The number of hydrogen-bond acceptors (Lipinski definition) is 3. The van der Waals surface area contributed by atoms with Crippen molar-refractivity contribution in [3.8, 4) is 5.75 Å². The predicted octanol–water partition coefficient (Wildman–Crippen LogP) is 5.80. The molecule has 0 N–H and O–H groups in total. The molecule has 3 aromatic rings. The maximum atomic E-state index is 14.8. The predicted molar refractivity (Wildman–Crippen MR) is 115 cm³/mol. The third kappa shape index (κ3) is 3.06. The summed E-state index contributed by atoms with van der Waals surface area (Å²) in [5, 5.41) is 0.485. The molecule has 2 aliphatic rings. The van der Waals surface area contributed by atoms with Crippen LogP contribution in [0.3, 0.4) is 0 Å². The van der Waals surface area contributed by atoms with Gasteiger partial charge < -0.3 is 4.74 Å². The Morgan fingerprint density at radius 2 is 1.74 bits per heavy atom. The van der Waals surface area contributed by atoms with Gasteiger partial charge in [0.25, 0.3) is 5.91 Å². The number of ether oxygens (including phenoxy) is 1. The summed E-state index contributed by atoms with van der Waals surface area (Å²) in [6.07, 6.45) is 0.295. The van der Waals surface area contributed by atoms with E-state index in [9.17, 15) is 14.0 Å². The molecule has 0 spiro atoms. The lowest BCUT2D eigenvalue weighted by atomic mass is 9.88. The van der Waals surface area contributed by atoms with Crippen LogP contribution in [0.1, 0.15) is 35.3 Å². The lowest BCUT2D eigenvalue weighted by molar-refractivity contribution is 0.00227. The number of rotatable bonds is 2. The van der Waals surface area contributed by atoms with E-state index in [0.29, 0.717) is 22.8 Å². The Bertz CT molecular complexity index is 1200. The molecule has 0 radical (unpaired) electrons. The molecule has 5 rings (SSSR count). The molecule has 31 heavy (non-hydrogen) atoms. The zero-order chi connectivity index (χ0) is 21.8. The number of imide groups is 1. The van der Waals surface area contributed by atoms with Crippen molar-refractivity contribution in [1.29, 1.82) is 0 Å². The minimum absolute atomic E-state index is 0.0572. The van der Waals surface area contributed by atoms with E-state index in [4.69, 9.17) is 16.3 Å². The second kappa shape index (κ2) is 7.10. The van der Waals surface area contributed by atoms with Crippen molar-refractivity contribution in [2.24, 2.45) is 0 Å². The summed E-state index contributed by atoms with van der Waals surface area (Å²) in [6.45, 7) is 1.74. The van der Waals surface area contributed by atoms with Crippen LogP contribution in [0.25, 0.3) is 0 Å². The number of carbonyl (C=O) groups is 2. The van der Waals surface area contributed by atoms with Gasteiger partial charge in [-0.15, -0.1) is 0 Å². The number of urea groups is 1. The van der Waals surface area contributed by atoms with Crippen LogP contribution in [0.2, 0.25) is 5.02 Å². The van der Waals surface area contributed by atoms with Crippen molar-refractivity contribution in [2.75, 3.05) is 4.90 Å². The Morgan fingerprint density at radius 3 is 2.48 bits per heavy atom. The van der Waals surface area contributed by atoms with Crippen molar-refractivity contribution >= 4 is 29.2 Å². The molecule has 1 saturated heterocycles. The van der Waals surface area contributed by atoms with Crippen molar-refractivity contribution in [3.05, 3.63) is 94.8 Å². The van der Waals surface area contributed by atoms with Crippen LogP contribution in [0.4, 0.5) is 14.9 Å². The van der Waals surface area contributed by atoms with Gasteiger partial charge in [-0.25, -0.2) is 9.18 Å². The quantitative estimate of drug-likeness (QED) is 0.510. The van der Waals surface area contributed by atoms with Gasteiger partial charge in [0.15, 0.2) is 5.72 Å². The summed E-state index contributed by atoms with van der Waals surface area (Å²) in [6, 6.07) is 18.4. The maximum Gasteiger partial charge on any atom is 0.335 e. The minimum Gasteiger partial charge on any atom is -0.467 e. The number of halogens is 2. The van der Waals surface area contributed by atoms with Crippen LogP contribution in [0.15, 0.2) is 72.8 Å². The second-order valence-electron chi connectivity index (χ2n) is 7.79. The van der Waals surface area contributed by atoms with Gasteiger partial charge >= 0.3 is 6.03 Å². The zero-order valence-electron chi connectivity index (χ0n) is 16.6. The number of para-hydroxylation sites is 2. The Labute approximate surface area is 183 Å². The highest BCUT2D eigenvalue weighted by molar-refractivity contribution is 6.30. The highest BCUT2D eigenvalue weighted by Crippen LogP contribution is 2.49. The number of carbonyl (C=O) groups excluding carboxylic acids is 2. The molecule has 1 fully saturated rings. The summed E-state index contributed by atoms with van der Waals surface area (Å²) in [7, 11) is 0. The standard InChI is InChI=1S/C24H18ClFN2O3/c1-24-14-20(17-6-2-5-9-21(17)31-24)27(22(29)15-10-12-16(25)13-11-15)23(30)28(24)19-8-4-3-7-18(19)26/h2-13,20H,14H2,1H3/t20-,24+/m1/s1. The molecule has 0 aromatic heterocycles. The first-order valence-electron chi connectivity index (χ1n) is 9.85. The van der Waals surface area contributed by atoms with Gasteiger partial charge in [-0.2, -0.15) is 0 Å². The molecule has 156 valence electrons. The summed E-state index contributed by atoms with van der Waals surface area (Å²) in [5.74, 6) is -0.493. The van der Waals surface area contributed by atoms with E-state index in [1.54, 1.807) is 49.4 Å². The van der Waals surface area contributed by atoms with Crippen LogP contribution in [0, 0.1) is 5.82 Å². The fourth-order valence-electron chi connectivity index (χ4n) is 4.36. The van der Waals surface area contributed by atoms with Gasteiger partial charge in [0.2, 0.25) is 0 Å². The van der Waals surface area contributed by atoms with Gasteiger partial charge in [0, 0.05) is 22.6 Å². The lowest BCUT2D eigenvalue weighted by Gasteiger charge is -2.53. The Balaban J connectivity index is 1.68. The summed E-state index contributed by atoms with van der Waals surface area (Å²) in [4.78, 5) is 29.7. The van der Waals surface area contributed by atoms with Gasteiger partial charge in [-0.3, -0.25) is 14.6 Å². The molecular formula is C24H18ClFN2O3. The molecule has 3 aromatic carbocycles. The molecule has 5 nitrogen and oxygen atoms in total. The van der Waals surface area contributed by atoms with E-state index in [0.717, 1.165) is 5.56 Å². The largest absolute Gasteiger partial charge is 0.467 e. The summed E-state index contributed by atoms with van der Waals surface area (Å²) < 4.78 is 21.0. The van der Waals surface area contributed by atoms with E-state index in [2.05, 4.69) is 0 Å². The number of nitrogens with zero attached hydrogens (tertiary/aromatic N) is 2. The number of amides is 3. The molecule has 2 aliphatic heterocycles. The Morgan fingerprint density at radius 1 is 1.06 bits per heavy atom. The fourth-order valence-corrected chi connectivity index (χ4v) is 4.48. The van der Waals surface area contributed by atoms with E-state index >= 15 is 0 Å². The first-order chi connectivity index (χ1) is 14.9. The molecule has 2 bridgehead atoms. The third-order valence-electron chi connectivity index (χ3n) is 5.77. The SMILES string of the molecule is C[C@@]12C[C@H](c3ccccc3O1)N(C(=O)c1ccc(Cl)cc1)C(=O)N2c1ccccc1F. The zero-order valence-corrected chi connectivity index (χ0v) is 17.3. The topological polar surface area (TPSA) is 49.9 Å². The second-order valence-corrected chi connectivity index (χ2v) is 8.22. The lowest BCUT2D eigenvalue weighted by Crippen LogP contribution is -2.67. The number of hydrogen-bond donors (Lipinski definition) is 0. The normalized spacial score (nSPS) is 22.0. The van der Waals surface area contributed by atoms with Crippen molar-refractivity contribution < 1.29 is 18.7 Å². The molecular weight excluding hydrogens is 419 g/mol. The first kappa shape index (κ1) is 19.6. The first-order valence-corrected chi connectivity index (χ1v) is 10.2. The monoisotopic (exact) mass is 436 g/mol. The Kier molecular flexibility index (Phi) is 4.48. The number of anilines is 1. The summed E-state index contributed by atoms with van der Waals surface area (Å²) >= 11 is 5.96. The maximum absolute atomic E-state index is 14.8. The molecule has 7 heteroatoms. The van der Waals surface area contributed by atoms with Crippen LogP contribution in [-0.4, -0.2) is 22.6 Å². The average Bonchev–Trinajstić information content (AvgIpc) is 2.75. The minimum atomic E-state index is -1.16. The molecule has 2 heterocycles. The summed E-state index contributed by atoms with van der Waals surface area (Å²) in [5.41, 5.74) is -0.0425. The number of benzene rings is 3. The van der Waals surface area contributed by atoms with E-state index in [-0.39, 0.29) is 5.69 Å². The molecule has 0 unspecified atom stereocenters. The highest BCUT2D eigenvalue weighted by atomic mass is 35.5. The van der Waals surface area contributed by atoms with Crippen molar-refractivity contribution in [3.63, 3.8) is 0 Å². The third-order valence-corrected chi connectivity index (χ3v) is 6.02. The highest BCUT2D eigenvalue weighted by Gasteiger charge is 2.55. The number of fused-ring (bicyclic) bond motifs is 4. The van der Waals surface area contributed by atoms with E-state index in [1.165, 1.54) is 21.9 Å². The van der Waals surface area contributed by atoms with Crippen molar-refractivity contribution in [2.45, 2.75) is 25.1 Å². The molecule has 0 aliphatic carbocycles. The van der Waals surface area contributed by atoms with Gasteiger partial charge in [0.1, 0.15) is 11.6 Å². The molecule has 2 atom stereocenters. The molecule has 3 amide bonds. The van der Waals surface area contributed by atoms with Crippen LogP contribution in [-0.2, 0) is 0 Å². The van der Waals surface area contributed by atoms with Gasteiger partial charge in [-0.05, 0) is 49.4 Å². The Hall–Kier alpha value is -3.38. The van der Waals surface area contributed by atoms with Gasteiger partial charge in [0.05, 0.1) is 11.7 Å². The van der Waals surface area contributed by atoms with E-state index < -0.39 is 29.5 Å².